The van der Waals surface area contributed by atoms with Crippen molar-refractivity contribution < 1.29 is 0 Å². The third kappa shape index (κ3) is 2.87. The van der Waals surface area contributed by atoms with Gasteiger partial charge < -0.3 is 10.3 Å². The fraction of sp³-hybridized carbons (Fsp3) is 0. The summed E-state index contributed by atoms with van der Waals surface area (Å²) in [6, 6.07) is 11.3. The zero-order chi connectivity index (χ0) is 18.4. The molecule has 0 radical (unpaired) electrons. The molecular weight excluding hydrogens is 382 g/mol. The first-order chi connectivity index (χ1) is 13.2. The average Bonchev–Trinajstić information content (AvgIpc) is 3.24. The molecule has 4 aromatic heterocycles. The lowest BCUT2D eigenvalue weighted by molar-refractivity contribution is 1.23. The first kappa shape index (κ1) is 16.0. The van der Waals surface area contributed by atoms with Crippen LogP contribution >= 0.6 is 22.9 Å². The summed E-state index contributed by atoms with van der Waals surface area (Å²) >= 11 is 7.70. The number of anilines is 2. The van der Waals surface area contributed by atoms with E-state index in [4.69, 9.17) is 11.6 Å². The molecule has 1 aromatic carbocycles. The van der Waals surface area contributed by atoms with Crippen LogP contribution in [0.4, 0.5) is 11.5 Å². The van der Waals surface area contributed by atoms with E-state index in [0.717, 1.165) is 27.3 Å². The molecule has 0 atom stereocenters. The van der Waals surface area contributed by atoms with Gasteiger partial charge in [-0.05, 0) is 29.7 Å². The highest BCUT2D eigenvalue weighted by Gasteiger charge is 2.10. The second kappa shape index (κ2) is 6.22. The molecule has 0 saturated carbocycles. The van der Waals surface area contributed by atoms with Crippen molar-refractivity contribution >= 4 is 50.2 Å². The lowest BCUT2D eigenvalue weighted by Crippen LogP contribution is -2.08. The van der Waals surface area contributed by atoms with Gasteiger partial charge >= 0.3 is 0 Å². The van der Waals surface area contributed by atoms with E-state index in [9.17, 15) is 4.79 Å². The molecule has 0 aliphatic carbocycles. The van der Waals surface area contributed by atoms with Gasteiger partial charge in [-0.3, -0.25) is 9.20 Å². The maximum Gasteiger partial charge on any atom is 0.259 e. The van der Waals surface area contributed by atoms with Crippen molar-refractivity contribution in [2.24, 2.45) is 0 Å². The highest BCUT2D eigenvalue weighted by molar-refractivity contribution is 7.15. The van der Waals surface area contributed by atoms with E-state index in [2.05, 4.69) is 20.3 Å². The molecule has 5 rings (SSSR count). The number of hydrogen-bond acceptors (Lipinski definition) is 5. The number of pyridine rings is 2. The third-order valence-corrected chi connectivity index (χ3v) is 5.22. The van der Waals surface area contributed by atoms with Gasteiger partial charge in [0.25, 0.3) is 5.56 Å². The molecule has 0 saturated heterocycles. The van der Waals surface area contributed by atoms with Crippen molar-refractivity contribution in [3.63, 3.8) is 0 Å². The number of nitrogens with zero attached hydrogens (tertiary/aromatic N) is 3. The van der Waals surface area contributed by atoms with Gasteiger partial charge in [0.15, 0.2) is 4.96 Å². The first-order valence-electron chi connectivity index (χ1n) is 8.15. The van der Waals surface area contributed by atoms with Crippen molar-refractivity contribution in [3.8, 4) is 11.3 Å². The molecule has 5 aromatic rings. The number of fused-ring (bicyclic) bond motifs is 2. The van der Waals surface area contributed by atoms with Crippen LogP contribution in [-0.4, -0.2) is 19.4 Å². The van der Waals surface area contributed by atoms with Gasteiger partial charge in [0.1, 0.15) is 11.0 Å². The minimum absolute atomic E-state index is 0.214. The van der Waals surface area contributed by atoms with Crippen molar-refractivity contribution in [1.82, 2.24) is 19.4 Å². The van der Waals surface area contributed by atoms with E-state index in [1.165, 1.54) is 0 Å². The van der Waals surface area contributed by atoms with Crippen LogP contribution < -0.4 is 10.9 Å². The Labute approximate surface area is 162 Å². The minimum Gasteiger partial charge on any atom is -0.339 e. The maximum absolute atomic E-state index is 12.2. The highest BCUT2D eigenvalue weighted by Crippen LogP contribution is 2.27. The molecule has 0 aliphatic heterocycles. The summed E-state index contributed by atoms with van der Waals surface area (Å²) in [6.45, 7) is 0. The molecule has 0 fully saturated rings. The number of H-pyrrole nitrogens is 1. The summed E-state index contributed by atoms with van der Waals surface area (Å²) in [5, 5.41) is 6.72. The van der Waals surface area contributed by atoms with Crippen LogP contribution in [0.1, 0.15) is 0 Å². The molecule has 2 N–H and O–H groups in total. The molecule has 132 valence electrons. The number of benzene rings is 1. The van der Waals surface area contributed by atoms with Crippen molar-refractivity contribution in [2.45, 2.75) is 0 Å². The predicted molar refractivity (Wildman–Crippen MR) is 109 cm³/mol. The zero-order valence-corrected chi connectivity index (χ0v) is 15.4. The van der Waals surface area contributed by atoms with E-state index >= 15 is 0 Å². The summed E-state index contributed by atoms with van der Waals surface area (Å²) in [5.41, 5.74) is 2.52. The third-order valence-electron chi connectivity index (χ3n) is 4.26. The van der Waals surface area contributed by atoms with E-state index in [-0.39, 0.29) is 5.56 Å². The molecule has 0 bridgehead atoms. The van der Waals surface area contributed by atoms with Gasteiger partial charge in [-0.25, -0.2) is 9.97 Å². The van der Waals surface area contributed by atoms with Crippen molar-refractivity contribution in [3.05, 3.63) is 75.9 Å². The van der Waals surface area contributed by atoms with Crippen LogP contribution in [0.5, 0.6) is 0 Å². The average molecular weight is 394 g/mol. The Morgan fingerprint density at radius 1 is 1.15 bits per heavy atom. The summed E-state index contributed by atoms with van der Waals surface area (Å²) in [6.07, 6.45) is 5.58. The van der Waals surface area contributed by atoms with Gasteiger partial charge in [-0.1, -0.05) is 23.7 Å². The second-order valence-corrected chi connectivity index (χ2v) is 7.25. The van der Waals surface area contributed by atoms with Gasteiger partial charge in [0, 0.05) is 35.2 Å². The highest BCUT2D eigenvalue weighted by atomic mass is 35.5. The Hall–Kier alpha value is -3.16. The Kier molecular flexibility index (Phi) is 3.70. The summed E-state index contributed by atoms with van der Waals surface area (Å²) in [5.74, 6) is 0.426. The molecular formula is C19H12ClN5OS. The monoisotopic (exact) mass is 393 g/mol. The Morgan fingerprint density at radius 3 is 2.81 bits per heavy atom. The minimum atomic E-state index is -0.214. The zero-order valence-electron chi connectivity index (χ0n) is 13.8. The predicted octanol–water partition coefficient (Wildman–Crippen LogP) is 4.70. The fourth-order valence-corrected chi connectivity index (χ4v) is 3.90. The Morgan fingerprint density at radius 2 is 2.00 bits per heavy atom. The van der Waals surface area contributed by atoms with Crippen LogP contribution in [0.15, 0.2) is 65.2 Å². The molecule has 6 nitrogen and oxygen atoms in total. The fourth-order valence-electron chi connectivity index (χ4n) is 3.00. The molecule has 0 unspecified atom stereocenters. The summed E-state index contributed by atoms with van der Waals surface area (Å²) in [7, 11) is 0. The van der Waals surface area contributed by atoms with Gasteiger partial charge in [0.2, 0.25) is 0 Å². The molecule has 0 aliphatic rings. The normalized spacial score (nSPS) is 11.3. The smallest absolute Gasteiger partial charge is 0.259 e. The van der Waals surface area contributed by atoms with Crippen LogP contribution in [-0.2, 0) is 0 Å². The Bertz CT molecular complexity index is 1310. The summed E-state index contributed by atoms with van der Waals surface area (Å²) in [4.78, 5) is 24.7. The van der Waals surface area contributed by atoms with E-state index in [0.29, 0.717) is 16.4 Å². The molecule has 27 heavy (non-hydrogen) atoms. The molecule has 0 spiro atoms. The standard InChI is InChI=1S/C19H12ClN5OS/c20-15-9-12-5-6-21-18(26)16(12)17(24-15)22-13-3-1-11(2-4-13)14-10-25-7-8-27-19(25)23-14/h1-10H,(H,21,26)(H,22,24). The number of hydrogen-bond donors (Lipinski definition) is 2. The van der Waals surface area contributed by atoms with E-state index in [1.807, 2.05) is 46.4 Å². The van der Waals surface area contributed by atoms with Crippen LogP contribution in [0, 0.1) is 0 Å². The van der Waals surface area contributed by atoms with Crippen molar-refractivity contribution in [1.29, 1.82) is 0 Å². The number of nitrogens with one attached hydrogen (secondary N) is 2. The number of thiazole rings is 1. The van der Waals surface area contributed by atoms with Crippen LogP contribution in [0.2, 0.25) is 5.15 Å². The largest absolute Gasteiger partial charge is 0.339 e. The topological polar surface area (TPSA) is 75.1 Å². The maximum atomic E-state index is 12.2. The SMILES string of the molecule is O=c1[nH]ccc2cc(Cl)nc(Nc3ccc(-c4cn5ccsc5n4)cc3)c12. The molecule has 8 heteroatoms. The first-order valence-corrected chi connectivity index (χ1v) is 9.41. The van der Waals surface area contributed by atoms with Crippen LogP contribution in [0.25, 0.3) is 27.0 Å². The van der Waals surface area contributed by atoms with Gasteiger partial charge in [-0.2, -0.15) is 0 Å². The van der Waals surface area contributed by atoms with Gasteiger partial charge in [-0.15, -0.1) is 11.3 Å². The number of rotatable bonds is 3. The second-order valence-electron chi connectivity index (χ2n) is 5.99. The van der Waals surface area contributed by atoms with Crippen LogP contribution in [0.3, 0.4) is 0 Å². The van der Waals surface area contributed by atoms with E-state index in [1.54, 1.807) is 29.7 Å². The van der Waals surface area contributed by atoms with Crippen molar-refractivity contribution in [2.75, 3.05) is 5.32 Å². The molecule has 0 amide bonds. The quantitative estimate of drug-likeness (QED) is 0.436. The number of halogens is 1. The molecule has 4 heterocycles. The number of aromatic nitrogens is 4. The van der Waals surface area contributed by atoms with Gasteiger partial charge in [0.05, 0.1) is 11.1 Å². The Balaban J connectivity index is 1.50. The van der Waals surface area contributed by atoms with E-state index < -0.39 is 0 Å². The number of aromatic amines is 1. The lowest BCUT2D eigenvalue weighted by Gasteiger charge is -2.09. The summed E-state index contributed by atoms with van der Waals surface area (Å²) < 4.78 is 2.00. The number of imidazole rings is 1. The lowest BCUT2D eigenvalue weighted by atomic mass is 10.1.